The van der Waals surface area contributed by atoms with E-state index in [1.165, 1.54) is 4.90 Å². The number of hydrogen-bond acceptors (Lipinski definition) is 4. The molecule has 102 valence electrons. The Balaban J connectivity index is 2.38. The van der Waals surface area contributed by atoms with Gasteiger partial charge >= 0.3 is 0 Å². The van der Waals surface area contributed by atoms with Crippen LogP contribution in [0.1, 0.15) is 33.1 Å². The molecule has 18 heavy (non-hydrogen) atoms. The summed E-state index contributed by atoms with van der Waals surface area (Å²) in [5.74, 6) is -0.524. The molecule has 0 aliphatic carbocycles. The molecule has 0 aromatic rings. The van der Waals surface area contributed by atoms with Gasteiger partial charge in [0.2, 0.25) is 17.7 Å². The molecule has 0 radical (unpaired) electrons. The van der Waals surface area contributed by atoms with Crippen LogP contribution in [0.15, 0.2) is 0 Å². The Labute approximate surface area is 107 Å². The fourth-order valence-corrected chi connectivity index (χ4v) is 1.84. The molecule has 1 saturated heterocycles. The fourth-order valence-electron chi connectivity index (χ4n) is 1.84. The van der Waals surface area contributed by atoms with Gasteiger partial charge in [-0.2, -0.15) is 0 Å². The molecule has 0 spiro atoms. The van der Waals surface area contributed by atoms with Crippen molar-refractivity contribution >= 4 is 17.7 Å². The van der Waals surface area contributed by atoms with Crippen LogP contribution in [-0.4, -0.2) is 48.3 Å². The van der Waals surface area contributed by atoms with E-state index in [4.69, 9.17) is 0 Å². The standard InChI is InChI=1S/C12H21N3O3/c1-3-5-13-10(16)8-14-9-7-11(17)15(6-4-2)12(9)18/h9,14H,3-8H2,1-2H3,(H,13,16). The number of nitrogens with zero attached hydrogens (tertiary/aromatic N) is 1. The van der Waals surface area contributed by atoms with Crippen molar-refractivity contribution in [1.82, 2.24) is 15.5 Å². The lowest BCUT2D eigenvalue weighted by Crippen LogP contribution is -2.43. The molecule has 1 fully saturated rings. The zero-order valence-corrected chi connectivity index (χ0v) is 11.0. The Morgan fingerprint density at radius 3 is 2.67 bits per heavy atom. The Bertz CT molecular complexity index is 331. The predicted molar refractivity (Wildman–Crippen MR) is 66.7 cm³/mol. The number of rotatable bonds is 7. The third-order valence-corrected chi connectivity index (χ3v) is 2.77. The van der Waals surface area contributed by atoms with Crippen molar-refractivity contribution < 1.29 is 14.4 Å². The smallest absolute Gasteiger partial charge is 0.246 e. The lowest BCUT2D eigenvalue weighted by atomic mass is 10.2. The molecule has 1 rings (SSSR count). The molecular weight excluding hydrogens is 234 g/mol. The van der Waals surface area contributed by atoms with E-state index < -0.39 is 6.04 Å². The summed E-state index contributed by atoms with van der Waals surface area (Å²) in [6.07, 6.45) is 1.78. The second kappa shape index (κ2) is 7.10. The third kappa shape index (κ3) is 3.80. The minimum atomic E-state index is -0.545. The topological polar surface area (TPSA) is 78.5 Å². The maximum Gasteiger partial charge on any atom is 0.246 e. The van der Waals surface area contributed by atoms with Crippen LogP contribution < -0.4 is 10.6 Å². The first-order valence-electron chi connectivity index (χ1n) is 6.44. The predicted octanol–water partition coefficient (Wildman–Crippen LogP) is -0.360. The minimum Gasteiger partial charge on any atom is -0.355 e. The monoisotopic (exact) mass is 255 g/mol. The summed E-state index contributed by atoms with van der Waals surface area (Å²) in [7, 11) is 0. The average molecular weight is 255 g/mol. The first-order chi connectivity index (χ1) is 8.60. The lowest BCUT2D eigenvalue weighted by molar-refractivity contribution is -0.138. The maximum absolute atomic E-state index is 11.8. The van der Waals surface area contributed by atoms with E-state index in [-0.39, 0.29) is 30.7 Å². The van der Waals surface area contributed by atoms with Crippen LogP contribution >= 0.6 is 0 Å². The Hall–Kier alpha value is -1.43. The molecule has 1 atom stereocenters. The summed E-state index contributed by atoms with van der Waals surface area (Å²) < 4.78 is 0. The lowest BCUT2D eigenvalue weighted by Gasteiger charge is -2.14. The number of carbonyl (C=O) groups is 3. The van der Waals surface area contributed by atoms with Gasteiger partial charge < -0.3 is 5.32 Å². The molecule has 1 unspecified atom stereocenters. The average Bonchev–Trinajstić information content (AvgIpc) is 2.62. The molecule has 3 amide bonds. The first-order valence-corrected chi connectivity index (χ1v) is 6.44. The molecule has 2 N–H and O–H groups in total. The van der Waals surface area contributed by atoms with Gasteiger partial charge in [0.25, 0.3) is 0 Å². The summed E-state index contributed by atoms with van der Waals surface area (Å²) in [4.78, 5) is 36.0. The van der Waals surface area contributed by atoms with Crippen molar-refractivity contribution in [1.29, 1.82) is 0 Å². The second-order valence-electron chi connectivity index (χ2n) is 4.37. The van der Waals surface area contributed by atoms with E-state index in [1.54, 1.807) is 0 Å². The summed E-state index contributed by atoms with van der Waals surface area (Å²) in [6, 6.07) is -0.545. The van der Waals surface area contributed by atoms with Crippen molar-refractivity contribution in [2.24, 2.45) is 0 Å². The SMILES string of the molecule is CCCNC(=O)CNC1CC(=O)N(CCC)C1=O. The molecule has 0 bridgehead atoms. The van der Waals surface area contributed by atoms with Gasteiger partial charge in [0.1, 0.15) is 0 Å². The molecular formula is C12H21N3O3. The van der Waals surface area contributed by atoms with Crippen LogP contribution in [0.25, 0.3) is 0 Å². The number of hydrogen-bond donors (Lipinski definition) is 2. The zero-order chi connectivity index (χ0) is 13.5. The molecule has 1 aliphatic heterocycles. The van der Waals surface area contributed by atoms with Crippen LogP contribution in [-0.2, 0) is 14.4 Å². The van der Waals surface area contributed by atoms with Gasteiger partial charge in [-0.25, -0.2) is 0 Å². The van der Waals surface area contributed by atoms with E-state index in [2.05, 4.69) is 10.6 Å². The van der Waals surface area contributed by atoms with Gasteiger partial charge in [-0.05, 0) is 12.8 Å². The quantitative estimate of drug-likeness (QED) is 0.609. The molecule has 0 aromatic carbocycles. The number of likely N-dealkylation sites (tertiary alicyclic amines) is 1. The van der Waals surface area contributed by atoms with Crippen LogP contribution in [0.3, 0.4) is 0 Å². The molecule has 0 saturated carbocycles. The van der Waals surface area contributed by atoms with E-state index in [9.17, 15) is 14.4 Å². The summed E-state index contributed by atoms with van der Waals surface area (Å²) in [5, 5.41) is 5.54. The van der Waals surface area contributed by atoms with Gasteiger partial charge in [0, 0.05) is 13.1 Å². The van der Waals surface area contributed by atoms with Crippen molar-refractivity contribution in [3.8, 4) is 0 Å². The number of amides is 3. The van der Waals surface area contributed by atoms with Gasteiger partial charge in [-0.1, -0.05) is 13.8 Å². The molecule has 1 heterocycles. The zero-order valence-electron chi connectivity index (χ0n) is 11.0. The van der Waals surface area contributed by atoms with E-state index in [1.807, 2.05) is 13.8 Å². The Morgan fingerprint density at radius 2 is 2.06 bits per heavy atom. The van der Waals surface area contributed by atoms with Crippen LogP contribution in [0.2, 0.25) is 0 Å². The van der Waals surface area contributed by atoms with Gasteiger partial charge in [0.05, 0.1) is 19.0 Å². The largest absolute Gasteiger partial charge is 0.355 e. The maximum atomic E-state index is 11.8. The second-order valence-corrected chi connectivity index (χ2v) is 4.37. The highest BCUT2D eigenvalue weighted by molar-refractivity contribution is 6.05. The molecule has 0 aromatic heterocycles. The fraction of sp³-hybridized carbons (Fsp3) is 0.750. The van der Waals surface area contributed by atoms with Crippen molar-refractivity contribution in [3.05, 3.63) is 0 Å². The summed E-state index contributed by atoms with van der Waals surface area (Å²) in [6.45, 7) is 5.04. The first kappa shape index (κ1) is 14.6. The van der Waals surface area contributed by atoms with E-state index in [0.717, 1.165) is 12.8 Å². The Morgan fingerprint density at radius 1 is 1.33 bits per heavy atom. The van der Waals surface area contributed by atoms with Gasteiger partial charge in [0.15, 0.2) is 0 Å². The third-order valence-electron chi connectivity index (χ3n) is 2.77. The van der Waals surface area contributed by atoms with Crippen LogP contribution in [0.5, 0.6) is 0 Å². The number of imide groups is 1. The van der Waals surface area contributed by atoms with Crippen LogP contribution in [0, 0.1) is 0 Å². The molecule has 1 aliphatic rings. The minimum absolute atomic E-state index is 0.0731. The van der Waals surface area contributed by atoms with E-state index in [0.29, 0.717) is 13.1 Å². The Kier molecular flexibility index (Phi) is 5.77. The highest BCUT2D eigenvalue weighted by Crippen LogP contribution is 2.12. The van der Waals surface area contributed by atoms with E-state index >= 15 is 0 Å². The van der Waals surface area contributed by atoms with Crippen molar-refractivity contribution in [2.75, 3.05) is 19.6 Å². The normalized spacial score (nSPS) is 19.4. The number of carbonyl (C=O) groups excluding carboxylic acids is 3. The van der Waals surface area contributed by atoms with Crippen molar-refractivity contribution in [2.45, 2.75) is 39.2 Å². The van der Waals surface area contributed by atoms with Gasteiger partial charge in [-0.15, -0.1) is 0 Å². The summed E-state index contributed by atoms with van der Waals surface area (Å²) >= 11 is 0. The summed E-state index contributed by atoms with van der Waals surface area (Å²) in [5.41, 5.74) is 0. The molecule has 6 heteroatoms. The number of nitrogens with one attached hydrogen (secondary N) is 2. The van der Waals surface area contributed by atoms with Gasteiger partial charge in [-0.3, -0.25) is 24.6 Å². The highest BCUT2D eigenvalue weighted by Gasteiger charge is 2.37. The highest BCUT2D eigenvalue weighted by atomic mass is 16.2. The van der Waals surface area contributed by atoms with Crippen LogP contribution in [0.4, 0.5) is 0 Å². The van der Waals surface area contributed by atoms with Crippen molar-refractivity contribution in [3.63, 3.8) is 0 Å². The molecule has 6 nitrogen and oxygen atoms in total.